The number of urea groups is 1. The largest absolute Gasteiger partial charge is 0.436 e. The minimum atomic E-state index is -0.923. The number of ether oxygens (including phenoxy) is 1. The predicted molar refractivity (Wildman–Crippen MR) is 196 cm³/mol. The van der Waals surface area contributed by atoms with Gasteiger partial charge in [0.2, 0.25) is 0 Å². The molecule has 5 heterocycles. The maximum atomic E-state index is 14.3. The van der Waals surface area contributed by atoms with Crippen LogP contribution in [0.15, 0.2) is 36.4 Å². The molecular weight excluding hydrogens is 644 g/mol. The van der Waals surface area contributed by atoms with Gasteiger partial charge in [-0.1, -0.05) is 24.3 Å². The molecule has 2 N–H and O–H groups in total. The molecule has 12 heteroatoms. The highest BCUT2D eigenvalue weighted by Crippen LogP contribution is 2.39. The minimum Gasteiger partial charge on any atom is -0.436 e. The number of hydrogen-bond donors (Lipinski definition) is 2. The number of likely N-dealkylation sites (tertiary alicyclic amines) is 2. The van der Waals surface area contributed by atoms with Crippen LogP contribution in [0, 0.1) is 6.92 Å². The number of para-hydroxylation sites is 1. The Kier molecular flexibility index (Phi) is 9.63. The number of aromatic amines is 1. The number of likely N-dealkylation sites (N-methyl/N-ethyl adjacent to an activating group) is 1. The first-order chi connectivity index (χ1) is 24.8. The fourth-order valence-corrected chi connectivity index (χ4v) is 8.58. The van der Waals surface area contributed by atoms with Crippen molar-refractivity contribution in [2.24, 2.45) is 0 Å². The Labute approximate surface area is 300 Å². The lowest BCUT2D eigenvalue weighted by atomic mass is 9.99. The molecule has 8 rings (SSSR count). The number of H-pyrrole nitrogens is 1. The predicted octanol–water partition coefficient (Wildman–Crippen LogP) is 4.59. The second-order valence-electron chi connectivity index (χ2n) is 15.4. The molecule has 3 aromatic rings. The lowest BCUT2D eigenvalue weighted by Crippen LogP contribution is -2.54. The molecule has 0 spiro atoms. The number of nitrogens with zero attached hydrogens (tertiary/aromatic N) is 6. The smallest absolute Gasteiger partial charge is 0.410 e. The number of amides is 4. The number of fused-ring (bicyclic) bond motifs is 2. The Bertz CT molecular complexity index is 1750. The number of piperazine rings is 1. The van der Waals surface area contributed by atoms with E-state index in [2.05, 4.69) is 52.3 Å². The van der Waals surface area contributed by atoms with Gasteiger partial charge in [-0.05, 0) is 87.7 Å². The standard InChI is InChI=1S/C39H52N8O4/c1-26-23-27(24-33-35(26)42-36(40-33)29-7-8-29)25-34(37(48)45-14-10-30(11-15-45)44-21-19-43(2)20-22-44)51-39(50)46-16-12-31(13-17-46)47-18-9-28-5-3-4-6-32(28)41-38(47)49/h3-6,23-24,29-31,34H,7-22,25H2,1-2H3,(H,40,42)(H,41,49)/t34-/m1/s1. The fourth-order valence-electron chi connectivity index (χ4n) is 8.58. The zero-order valence-corrected chi connectivity index (χ0v) is 30.1. The van der Waals surface area contributed by atoms with E-state index in [0.29, 0.717) is 63.9 Å². The Morgan fingerprint density at radius 1 is 0.882 bits per heavy atom. The molecule has 51 heavy (non-hydrogen) atoms. The molecule has 4 fully saturated rings. The Morgan fingerprint density at radius 3 is 2.33 bits per heavy atom. The summed E-state index contributed by atoms with van der Waals surface area (Å²) in [7, 11) is 2.17. The van der Waals surface area contributed by atoms with Gasteiger partial charge in [0.25, 0.3) is 5.91 Å². The summed E-state index contributed by atoms with van der Waals surface area (Å²) in [5, 5.41) is 3.07. The van der Waals surface area contributed by atoms with E-state index < -0.39 is 12.2 Å². The molecule has 2 aromatic carbocycles. The lowest BCUT2D eigenvalue weighted by Gasteiger charge is -2.42. The van der Waals surface area contributed by atoms with Gasteiger partial charge < -0.3 is 34.6 Å². The Hall–Kier alpha value is -4.16. The van der Waals surface area contributed by atoms with Gasteiger partial charge in [0, 0.05) is 89.0 Å². The molecule has 12 nitrogen and oxygen atoms in total. The molecule has 4 amide bonds. The van der Waals surface area contributed by atoms with Crippen molar-refractivity contribution in [2.75, 3.05) is 71.3 Å². The first-order valence-corrected chi connectivity index (χ1v) is 19.1. The van der Waals surface area contributed by atoms with Crippen LogP contribution in [0.5, 0.6) is 0 Å². The number of aryl methyl sites for hydroxylation is 1. The van der Waals surface area contributed by atoms with E-state index in [1.165, 1.54) is 12.8 Å². The number of piperidine rings is 2. The van der Waals surface area contributed by atoms with E-state index in [1.54, 1.807) is 4.90 Å². The van der Waals surface area contributed by atoms with Gasteiger partial charge in [-0.15, -0.1) is 0 Å². The van der Waals surface area contributed by atoms with Crippen molar-refractivity contribution in [1.29, 1.82) is 0 Å². The molecule has 0 bridgehead atoms. The van der Waals surface area contributed by atoms with Crippen molar-refractivity contribution in [3.8, 4) is 0 Å². The van der Waals surface area contributed by atoms with Crippen LogP contribution in [0.1, 0.15) is 67.0 Å². The van der Waals surface area contributed by atoms with Gasteiger partial charge in [0.05, 0.1) is 11.0 Å². The Balaban J connectivity index is 0.935. The highest BCUT2D eigenvalue weighted by Gasteiger charge is 2.37. The van der Waals surface area contributed by atoms with E-state index in [4.69, 9.17) is 9.72 Å². The van der Waals surface area contributed by atoms with Crippen LogP contribution in [0.3, 0.4) is 0 Å². The van der Waals surface area contributed by atoms with E-state index in [-0.39, 0.29) is 18.0 Å². The number of hydrogen-bond acceptors (Lipinski definition) is 7. The molecule has 1 atom stereocenters. The highest BCUT2D eigenvalue weighted by molar-refractivity contribution is 5.91. The molecule has 5 aliphatic rings. The third kappa shape index (κ3) is 7.44. The zero-order valence-electron chi connectivity index (χ0n) is 30.1. The van der Waals surface area contributed by atoms with Crippen LogP contribution in [-0.2, 0) is 22.4 Å². The molecule has 1 aromatic heterocycles. The van der Waals surface area contributed by atoms with Crippen LogP contribution >= 0.6 is 0 Å². The topological polar surface area (TPSA) is 117 Å². The molecular formula is C39H52N8O4. The summed E-state index contributed by atoms with van der Waals surface area (Å²) < 4.78 is 6.19. The maximum absolute atomic E-state index is 14.3. The van der Waals surface area contributed by atoms with Crippen molar-refractivity contribution in [1.82, 2.24) is 34.5 Å². The summed E-state index contributed by atoms with van der Waals surface area (Å²) in [6.45, 7) is 9.28. The average Bonchev–Trinajstić information content (AvgIpc) is 3.93. The number of imidazole rings is 1. The van der Waals surface area contributed by atoms with E-state index in [0.717, 1.165) is 84.7 Å². The van der Waals surface area contributed by atoms with Crippen molar-refractivity contribution in [3.63, 3.8) is 0 Å². The molecule has 0 unspecified atom stereocenters. The first kappa shape index (κ1) is 34.0. The van der Waals surface area contributed by atoms with Gasteiger partial charge in [-0.25, -0.2) is 14.6 Å². The van der Waals surface area contributed by atoms with Crippen molar-refractivity contribution < 1.29 is 19.1 Å². The summed E-state index contributed by atoms with van der Waals surface area (Å²) in [5.41, 5.74) is 5.96. The molecule has 3 saturated heterocycles. The maximum Gasteiger partial charge on any atom is 0.410 e. The van der Waals surface area contributed by atoms with Gasteiger partial charge in [0.15, 0.2) is 6.10 Å². The number of nitrogens with one attached hydrogen (secondary N) is 2. The number of rotatable bonds is 7. The van der Waals surface area contributed by atoms with Crippen LogP contribution in [0.2, 0.25) is 0 Å². The quantitative estimate of drug-likeness (QED) is 0.371. The summed E-state index contributed by atoms with van der Waals surface area (Å²) >= 11 is 0. The van der Waals surface area contributed by atoms with Crippen LogP contribution < -0.4 is 5.32 Å². The van der Waals surface area contributed by atoms with Gasteiger partial charge >= 0.3 is 12.1 Å². The molecule has 4 aliphatic heterocycles. The summed E-state index contributed by atoms with van der Waals surface area (Å²) in [6, 6.07) is 12.5. The van der Waals surface area contributed by atoms with Gasteiger partial charge in [-0.2, -0.15) is 0 Å². The first-order valence-electron chi connectivity index (χ1n) is 19.1. The highest BCUT2D eigenvalue weighted by atomic mass is 16.6. The number of carbonyl (C=O) groups excluding carboxylic acids is 3. The zero-order chi connectivity index (χ0) is 35.1. The normalized spacial score (nSPS) is 22.1. The molecule has 272 valence electrons. The summed E-state index contributed by atoms with van der Waals surface area (Å²) in [4.78, 5) is 60.1. The number of carbonyl (C=O) groups is 3. The van der Waals surface area contributed by atoms with Gasteiger partial charge in [-0.3, -0.25) is 9.69 Å². The second-order valence-corrected chi connectivity index (χ2v) is 15.4. The van der Waals surface area contributed by atoms with E-state index in [1.807, 2.05) is 28.0 Å². The van der Waals surface area contributed by atoms with Crippen LogP contribution in [0.4, 0.5) is 15.3 Å². The molecule has 0 radical (unpaired) electrons. The fraction of sp³-hybridized carbons (Fsp3) is 0.590. The third-order valence-corrected chi connectivity index (χ3v) is 11.9. The van der Waals surface area contributed by atoms with Crippen LogP contribution in [-0.4, -0.2) is 137 Å². The number of aromatic nitrogens is 2. The third-order valence-electron chi connectivity index (χ3n) is 11.9. The summed E-state index contributed by atoms with van der Waals surface area (Å²) in [5.74, 6) is 1.44. The molecule has 1 aliphatic carbocycles. The average molecular weight is 697 g/mol. The summed E-state index contributed by atoms with van der Waals surface area (Å²) in [6.07, 6.45) is 5.24. The number of anilines is 1. The Morgan fingerprint density at radius 2 is 1.59 bits per heavy atom. The second kappa shape index (κ2) is 14.5. The number of benzene rings is 2. The van der Waals surface area contributed by atoms with Crippen LogP contribution in [0.25, 0.3) is 11.0 Å². The van der Waals surface area contributed by atoms with Crippen molar-refractivity contribution in [2.45, 2.75) is 82.4 Å². The monoisotopic (exact) mass is 696 g/mol. The molecule has 1 saturated carbocycles. The SMILES string of the molecule is Cc1cc(C[C@@H](OC(=O)N2CCC(N3CCc4ccccc4NC3=O)CC2)C(=O)N2CCC(N3CCN(C)CC3)CC2)cc2[nH]c(C3CC3)nc12. The van der Waals surface area contributed by atoms with Gasteiger partial charge in [0.1, 0.15) is 5.82 Å². The van der Waals surface area contributed by atoms with Crippen molar-refractivity contribution >= 4 is 34.8 Å². The van der Waals surface area contributed by atoms with E-state index >= 15 is 0 Å². The van der Waals surface area contributed by atoms with Crippen molar-refractivity contribution in [3.05, 3.63) is 58.9 Å². The van der Waals surface area contributed by atoms with E-state index in [9.17, 15) is 14.4 Å². The minimum absolute atomic E-state index is 0.0343. The lowest BCUT2D eigenvalue weighted by molar-refractivity contribution is -0.142.